The van der Waals surface area contributed by atoms with E-state index >= 15 is 0 Å². The van der Waals surface area contributed by atoms with Gasteiger partial charge in [0.2, 0.25) is 5.89 Å². The Hall–Kier alpha value is -7.18. The summed E-state index contributed by atoms with van der Waals surface area (Å²) in [6, 6.07) is 60.0. The zero-order chi connectivity index (χ0) is 34.4. The first-order valence-corrected chi connectivity index (χ1v) is 17.2. The van der Waals surface area contributed by atoms with Crippen molar-refractivity contribution in [1.29, 1.82) is 0 Å². The monoisotopic (exact) mass is 667 g/mol. The molecule has 10 aromatic rings. The summed E-state index contributed by atoms with van der Waals surface area (Å²) in [7, 11) is 0. The largest absolute Gasteiger partial charge is 0.435 e. The lowest BCUT2D eigenvalue weighted by atomic mass is 10.0. The predicted octanol–water partition coefficient (Wildman–Crippen LogP) is 11.4. The Morgan fingerprint density at radius 1 is 0.385 bits per heavy atom. The van der Waals surface area contributed by atoms with Gasteiger partial charge < -0.3 is 8.98 Å². The second-order valence-corrected chi connectivity index (χ2v) is 12.7. The molecule has 6 nitrogen and oxygen atoms in total. The van der Waals surface area contributed by atoms with Crippen LogP contribution in [0.1, 0.15) is 0 Å². The van der Waals surface area contributed by atoms with Crippen molar-refractivity contribution < 1.29 is 4.42 Å². The number of oxazole rings is 1. The van der Waals surface area contributed by atoms with Gasteiger partial charge in [-0.1, -0.05) is 121 Å². The molecule has 244 valence electrons. The summed E-state index contributed by atoms with van der Waals surface area (Å²) in [4.78, 5) is 20.2. The van der Waals surface area contributed by atoms with E-state index in [1.165, 1.54) is 10.8 Å². The molecule has 0 amide bonds. The molecule has 6 heteroatoms. The molecule has 0 N–H and O–H groups in total. The average Bonchev–Trinajstić information content (AvgIpc) is 3.82. The van der Waals surface area contributed by atoms with Gasteiger partial charge in [-0.25, -0.2) is 19.9 Å². The molecule has 0 aliphatic carbocycles. The number of nitrogens with zero attached hydrogens (tertiary/aromatic N) is 5. The Balaban J connectivity index is 1.17. The number of fused-ring (bicyclic) bond motifs is 4. The van der Waals surface area contributed by atoms with Crippen LogP contribution in [0.2, 0.25) is 0 Å². The van der Waals surface area contributed by atoms with Gasteiger partial charge in [-0.2, -0.15) is 0 Å². The van der Waals surface area contributed by atoms with Crippen molar-refractivity contribution in [2.45, 2.75) is 0 Å². The number of hydrogen-bond donors (Lipinski definition) is 0. The molecule has 0 saturated heterocycles. The van der Waals surface area contributed by atoms with Crippen LogP contribution in [0.3, 0.4) is 0 Å². The van der Waals surface area contributed by atoms with Gasteiger partial charge in [0.25, 0.3) is 0 Å². The average molecular weight is 668 g/mol. The first kappa shape index (κ1) is 29.7. The van der Waals surface area contributed by atoms with Crippen molar-refractivity contribution in [2.24, 2.45) is 0 Å². The van der Waals surface area contributed by atoms with E-state index in [-0.39, 0.29) is 0 Å². The lowest BCUT2D eigenvalue weighted by Gasteiger charge is -2.12. The van der Waals surface area contributed by atoms with Gasteiger partial charge >= 0.3 is 0 Å². The molecule has 0 aliphatic heterocycles. The fraction of sp³-hybridized carbons (Fsp3) is 0. The maximum atomic E-state index is 6.44. The van der Waals surface area contributed by atoms with Crippen LogP contribution in [0, 0.1) is 0 Å². The molecule has 0 radical (unpaired) electrons. The lowest BCUT2D eigenvalue weighted by molar-refractivity contribution is 0.620. The summed E-state index contributed by atoms with van der Waals surface area (Å²) in [6.07, 6.45) is 0. The third-order valence-electron chi connectivity index (χ3n) is 9.48. The molecule has 3 heterocycles. The Labute approximate surface area is 299 Å². The van der Waals surface area contributed by atoms with E-state index < -0.39 is 0 Å². The van der Waals surface area contributed by atoms with Crippen LogP contribution < -0.4 is 0 Å². The van der Waals surface area contributed by atoms with E-state index in [0.717, 1.165) is 55.6 Å². The van der Waals surface area contributed by atoms with Crippen LogP contribution in [0.4, 0.5) is 0 Å². The summed E-state index contributed by atoms with van der Waals surface area (Å²) in [5, 5.41) is 2.42. The number of para-hydroxylation sites is 3. The van der Waals surface area contributed by atoms with Gasteiger partial charge in [-0.15, -0.1) is 0 Å². The molecule has 0 saturated carbocycles. The number of rotatable bonds is 6. The highest BCUT2D eigenvalue weighted by molar-refractivity contribution is 6.09. The maximum Gasteiger partial charge on any atom is 0.227 e. The smallest absolute Gasteiger partial charge is 0.227 e. The molecular weight excluding hydrogens is 639 g/mol. The number of benzene rings is 7. The molecule has 0 bridgehead atoms. The molecule has 3 aromatic heterocycles. The standard InChI is InChI=1S/C46H29N5O/c1-3-14-30(15-4-1)32-18-11-19-33(28-32)43-48-44(50-45(49-43)38-24-13-25-39-42(38)52-46(47-39)31-16-5-2-6-17-31)34-20-12-21-35(29-34)51-40-26-9-7-22-36(40)37-23-8-10-27-41(37)51/h1-29H. The minimum Gasteiger partial charge on any atom is -0.435 e. The fourth-order valence-electron chi connectivity index (χ4n) is 7.04. The van der Waals surface area contributed by atoms with Crippen molar-refractivity contribution in [1.82, 2.24) is 24.5 Å². The Kier molecular flexibility index (Phi) is 7.03. The topological polar surface area (TPSA) is 69.6 Å². The number of hydrogen-bond acceptors (Lipinski definition) is 5. The van der Waals surface area contributed by atoms with Crippen molar-refractivity contribution >= 4 is 32.9 Å². The van der Waals surface area contributed by atoms with Gasteiger partial charge in [0.05, 0.1) is 16.6 Å². The highest BCUT2D eigenvalue weighted by atomic mass is 16.3. The second-order valence-electron chi connectivity index (χ2n) is 12.7. The van der Waals surface area contributed by atoms with Crippen molar-refractivity contribution in [2.75, 3.05) is 0 Å². The van der Waals surface area contributed by atoms with E-state index in [1.807, 2.05) is 78.9 Å². The minimum atomic E-state index is 0.508. The Morgan fingerprint density at radius 3 is 1.63 bits per heavy atom. The van der Waals surface area contributed by atoms with Crippen LogP contribution in [-0.2, 0) is 0 Å². The van der Waals surface area contributed by atoms with E-state index in [4.69, 9.17) is 24.4 Å². The van der Waals surface area contributed by atoms with E-state index in [2.05, 4.69) is 102 Å². The van der Waals surface area contributed by atoms with Crippen molar-refractivity contribution in [3.05, 3.63) is 176 Å². The maximum absolute atomic E-state index is 6.44. The molecule has 52 heavy (non-hydrogen) atoms. The van der Waals surface area contributed by atoms with Crippen molar-refractivity contribution in [3.63, 3.8) is 0 Å². The Morgan fingerprint density at radius 2 is 0.923 bits per heavy atom. The van der Waals surface area contributed by atoms with E-state index in [9.17, 15) is 0 Å². The zero-order valence-corrected chi connectivity index (χ0v) is 27.9. The highest BCUT2D eigenvalue weighted by Crippen LogP contribution is 2.36. The summed E-state index contributed by atoms with van der Waals surface area (Å²) in [5.41, 5.74) is 10.3. The molecular formula is C46H29N5O. The first-order valence-electron chi connectivity index (χ1n) is 17.2. The molecule has 0 unspecified atom stereocenters. The summed E-state index contributed by atoms with van der Waals surface area (Å²) < 4.78 is 8.75. The van der Waals surface area contributed by atoms with Crippen LogP contribution in [0.5, 0.6) is 0 Å². The van der Waals surface area contributed by atoms with Crippen LogP contribution >= 0.6 is 0 Å². The van der Waals surface area contributed by atoms with E-state index in [1.54, 1.807) is 0 Å². The van der Waals surface area contributed by atoms with Crippen LogP contribution in [0.15, 0.2) is 180 Å². The third-order valence-corrected chi connectivity index (χ3v) is 9.48. The normalized spacial score (nSPS) is 11.5. The Bertz CT molecular complexity index is 2860. The van der Waals surface area contributed by atoms with Gasteiger partial charge in [0, 0.05) is 33.2 Å². The lowest BCUT2D eigenvalue weighted by Crippen LogP contribution is -2.01. The van der Waals surface area contributed by atoms with Gasteiger partial charge in [-0.3, -0.25) is 0 Å². The van der Waals surface area contributed by atoms with Gasteiger partial charge in [0.1, 0.15) is 5.52 Å². The summed E-state index contributed by atoms with van der Waals surface area (Å²) in [6.45, 7) is 0. The highest BCUT2D eigenvalue weighted by Gasteiger charge is 2.19. The van der Waals surface area contributed by atoms with Crippen LogP contribution in [-0.4, -0.2) is 24.5 Å². The third kappa shape index (κ3) is 5.13. The molecule has 0 spiro atoms. The molecule has 10 rings (SSSR count). The second kappa shape index (κ2) is 12.3. The molecule has 0 aliphatic rings. The summed E-state index contributed by atoms with van der Waals surface area (Å²) >= 11 is 0. The predicted molar refractivity (Wildman–Crippen MR) is 209 cm³/mol. The quantitative estimate of drug-likeness (QED) is 0.176. The van der Waals surface area contributed by atoms with E-state index in [0.29, 0.717) is 28.9 Å². The molecule has 7 aromatic carbocycles. The SMILES string of the molecule is c1ccc(-c2cccc(-c3nc(-c4cccc(-n5c6ccccc6c6ccccc65)c4)nc(-c4cccc5nc(-c6ccccc6)oc45)n3)c2)cc1. The zero-order valence-electron chi connectivity index (χ0n) is 27.9. The first-order chi connectivity index (χ1) is 25.8. The van der Waals surface area contributed by atoms with Gasteiger partial charge in [0.15, 0.2) is 23.1 Å². The minimum absolute atomic E-state index is 0.508. The number of aromatic nitrogens is 5. The fourth-order valence-corrected chi connectivity index (χ4v) is 7.04. The summed E-state index contributed by atoms with van der Waals surface area (Å²) in [5.74, 6) is 2.19. The van der Waals surface area contributed by atoms with Crippen LogP contribution in [0.25, 0.3) is 95.3 Å². The molecule has 0 atom stereocenters. The van der Waals surface area contributed by atoms with Gasteiger partial charge in [-0.05, 0) is 65.7 Å². The van der Waals surface area contributed by atoms with Crippen molar-refractivity contribution in [3.8, 4) is 62.4 Å². The molecule has 0 fully saturated rings.